The fraction of sp³-hybridized carbons (Fsp3) is 0.381. The van der Waals surface area contributed by atoms with Gasteiger partial charge in [0.05, 0.1) is 53.4 Å². The number of aliphatic carboxylic acids is 1. The molecule has 1 aliphatic heterocycles. The largest absolute Gasteiger partial charge is 0.478 e. The van der Waals surface area contributed by atoms with Crippen molar-refractivity contribution in [3.8, 4) is 6.07 Å². The number of nitrogens with zero attached hydrogens (tertiary/aromatic N) is 5. The van der Waals surface area contributed by atoms with Crippen LogP contribution in [-0.2, 0) is 19.1 Å². The average Bonchev–Trinajstić information content (AvgIpc) is 2.82. The van der Waals surface area contributed by atoms with Crippen molar-refractivity contribution >= 4 is 17.6 Å². The molecule has 0 aliphatic carbocycles. The SMILES string of the molecule is CCC1=C(C(=O)OCCC#N)C(c2ccc([N+](=O)[O-])cc2)C(C(=O)O)=C(COCCN=[N+]=[N-])N1. The minimum atomic E-state index is -1.33. The monoisotopic (exact) mass is 470 g/mol. The third-order valence-electron chi connectivity index (χ3n) is 4.86. The normalized spacial score (nSPS) is 15.1. The van der Waals surface area contributed by atoms with Crippen molar-refractivity contribution in [3.05, 3.63) is 72.9 Å². The summed E-state index contributed by atoms with van der Waals surface area (Å²) >= 11 is 0. The van der Waals surface area contributed by atoms with Crippen LogP contribution in [0.1, 0.15) is 31.2 Å². The number of rotatable bonds is 12. The number of nitro benzene ring substituents is 1. The summed E-state index contributed by atoms with van der Waals surface area (Å²) in [6.07, 6.45) is 0.267. The zero-order valence-corrected chi connectivity index (χ0v) is 18.3. The second-order valence-corrected chi connectivity index (χ2v) is 6.90. The second kappa shape index (κ2) is 12.6. The van der Waals surface area contributed by atoms with Crippen LogP contribution in [0.25, 0.3) is 10.4 Å². The third-order valence-corrected chi connectivity index (χ3v) is 4.86. The number of carbonyl (C=O) groups excluding carboxylic acids is 1. The van der Waals surface area contributed by atoms with E-state index < -0.39 is 22.8 Å². The van der Waals surface area contributed by atoms with E-state index in [1.807, 2.05) is 6.07 Å². The maximum absolute atomic E-state index is 13.0. The zero-order chi connectivity index (χ0) is 25.1. The fourth-order valence-electron chi connectivity index (χ4n) is 3.41. The van der Waals surface area contributed by atoms with Crippen molar-refractivity contribution < 1.29 is 29.1 Å². The summed E-state index contributed by atoms with van der Waals surface area (Å²) < 4.78 is 10.6. The molecule has 1 atom stereocenters. The van der Waals surface area contributed by atoms with Crippen molar-refractivity contribution in [3.63, 3.8) is 0 Å². The van der Waals surface area contributed by atoms with Gasteiger partial charge in [-0.05, 0) is 17.5 Å². The molecular formula is C21H22N6O7. The van der Waals surface area contributed by atoms with Crippen LogP contribution >= 0.6 is 0 Å². The van der Waals surface area contributed by atoms with Gasteiger partial charge in [0, 0.05) is 29.3 Å². The number of esters is 1. The molecule has 13 heteroatoms. The van der Waals surface area contributed by atoms with Gasteiger partial charge in [0.2, 0.25) is 0 Å². The summed E-state index contributed by atoms with van der Waals surface area (Å²) in [4.78, 5) is 38.4. The number of carboxylic acid groups (broad SMARTS) is 1. The number of hydrogen-bond acceptors (Lipinski definition) is 9. The number of carbonyl (C=O) groups is 2. The highest BCUT2D eigenvalue weighted by Gasteiger charge is 2.39. The molecule has 0 bridgehead atoms. The maximum Gasteiger partial charge on any atom is 0.336 e. The van der Waals surface area contributed by atoms with E-state index in [1.165, 1.54) is 24.3 Å². The van der Waals surface area contributed by atoms with E-state index in [9.17, 15) is 24.8 Å². The molecule has 0 saturated carbocycles. The van der Waals surface area contributed by atoms with Gasteiger partial charge in [-0.25, -0.2) is 9.59 Å². The van der Waals surface area contributed by atoms with Crippen molar-refractivity contribution in [2.24, 2.45) is 5.11 Å². The van der Waals surface area contributed by atoms with E-state index in [0.717, 1.165) is 0 Å². The minimum Gasteiger partial charge on any atom is -0.478 e. The molecule has 2 rings (SSSR count). The van der Waals surface area contributed by atoms with E-state index in [1.54, 1.807) is 6.92 Å². The summed E-state index contributed by atoms with van der Waals surface area (Å²) in [5, 5.41) is 36.1. The van der Waals surface area contributed by atoms with Crippen LogP contribution in [0.5, 0.6) is 0 Å². The summed E-state index contributed by atoms with van der Waals surface area (Å²) in [6, 6.07) is 7.06. The Morgan fingerprint density at radius 2 is 2.00 bits per heavy atom. The minimum absolute atomic E-state index is 0.0320. The molecule has 1 aromatic carbocycles. The lowest BCUT2D eigenvalue weighted by molar-refractivity contribution is -0.384. The molecule has 2 N–H and O–H groups in total. The van der Waals surface area contributed by atoms with Gasteiger partial charge in [0.15, 0.2) is 0 Å². The molecule has 0 aromatic heterocycles. The highest BCUT2D eigenvalue weighted by molar-refractivity contribution is 5.99. The van der Waals surface area contributed by atoms with E-state index in [-0.39, 0.29) is 55.3 Å². The third kappa shape index (κ3) is 6.32. The van der Waals surface area contributed by atoms with E-state index in [0.29, 0.717) is 17.7 Å². The number of benzene rings is 1. The first-order chi connectivity index (χ1) is 16.3. The Labute approximate surface area is 194 Å². The van der Waals surface area contributed by atoms with Gasteiger partial charge >= 0.3 is 11.9 Å². The number of ether oxygens (including phenoxy) is 2. The van der Waals surface area contributed by atoms with Crippen LogP contribution in [0.2, 0.25) is 0 Å². The first-order valence-corrected chi connectivity index (χ1v) is 10.2. The van der Waals surface area contributed by atoms with Crippen molar-refractivity contribution in [1.82, 2.24) is 5.32 Å². The summed E-state index contributed by atoms with van der Waals surface area (Å²) in [5.41, 5.74) is 8.91. The number of dihydropyridines is 1. The Morgan fingerprint density at radius 3 is 2.56 bits per heavy atom. The number of azide groups is 1. The first-order valence-electron chi connectivity index (χ1n) is 10.2. The fourth-order valence-corrected chi connectivity index (χ4v) is 3.41. The topological polar surface area (TPSA) is 201 Å². The van der Waals surface area contributed by atoms with Gasteiger partial charge < -0.3 is 19.9 Å². The van der Waals surface area contributed by atoms with Crippen LogP contribution < -0.4 is 5.32 Å². The Kier molecular flexibility index (Phi) is 9.57. The Morgan fingerprint density at radius 1 is 1.29 bits per heavy atom. The predicted octanol–water partition coefficient (Wildman–Crippen LogP) is 3.07. The van der Waals surface area contributed by atoms with Gasteiger partial charge in [-0.3, -0.25) is 10.1 Å². The molecule has 0 fully saturated rings. The second-order valence-electron chi connectivity index (χ2n) is 6.90. The van der Waals surface area contributed by atoms with Crippen LogP contribution in [-0.4, -0.2) is 48.3 Å². The molecule has 1 aromatic rings. The summed E-state index contributed by atoms with van der Waals surface area (Å²) in [6.45, 7) is 1.49. The molecule has 0 radical (unpaired) electrons. The summed E-state index contributed by atoms with van der Waals surface area (Å²) in [7, 11) is 0. The van der Waals surface area contributed by atoms with Gasteiger partial charge in [-0.1, -0.05) is 24.2 Å². The van der Waals surface area contributed by atoms with Crippen molar-refractivity contribution in [2.75, 3.05) is 26.4 Å². The number of nitrogens with one attached hydrogen (secondary N) is 1. The molecule has 0 spiro atoms. The van der Waals surface area contributed by atoms with Crippen molar-refractivity contribution in [1.29, 1.82) is 5.26 Å². The molecular weight excluding hydrogens is 448 g/mol. The van der Waals surface area contributed by atoms with E-state index in [4.69, 9.17) is 20.3 Å². The van der Waals surface area contributed by atoms with Gasteiger partial charge in [-0.15, -0.1) is 0 Å². The molecule has 178 valence electrons. The standard InChI is InChI=1S/C21H22N6O7/c1-2-15-19(21(30)34-10-3-8-22)17(13-4-6-14(7-5-13)27(31)32)18(20(28)29)16(25-15)12-33-11-9-24-26-23/h4-7,17,25H,2-3,9-12H2,1H3,(H,28,29). The number of hydrogen-bond donors (Lipinski definition) is 2. The molecule has 1 unspecified atom stereocenters. The molecule has 0 saturated heterocycles. The van der Waals surface area contributed by atoms with Crippen LogP contribution in [0.15, 0.2) is 51.9 Å². The number of nitro groups is 1. The van der Waals surface area contributed by atoms with Gasteiger partial charge in [0.25, 0.3) is 5.69 Å². The lowest BCUT2D eigenvalue weighted by Crippen LogP contribution is -2.35. The van der Waals surface area contributed by atoms with Crippen LogP contribution in [0.4, 0.5) is 5.69 Å². The zero-order valence-electron chi connectivity index (χ0n) is 18.3. The number of carboxylic acids is 1. The van der Waals surface area contributed by atoms with Gasteiger partial charge in [0.1, 0.15) is 6.61 Å². The molecule has 13 nitrogen and oxygen atoms in total. The average molecular weight is 470 g/mol. The molecule has 34 heavy (non-hydrogen) atoms. The Balaban J connectivity index is 2.57. The van der Waals surface area contributed by atoms with Crippen molar-refractivity contribution in [2.45, 2.75) is 25.7 Å². The molecule has 1 heterocycles. The highest BCUT2D eigenvalue weighted by atomic mass is 16.6. The lowest BCUT2D eigenvalue weighted by Gasteiger charge is -2.31. The first kappa shape index (κ1) is 25.9. The Bertz CT molecular complexity index is 1100. The number of non-ortho nitro benzene ring substituents is 1. The maximum atomic E-state index is 13.0. The van der Waals surface area contributed by atoms with Crippen LogP contribution in [0, 0.1) is 21.4 Å². The molecule has 1 aliphatic rings. The van der Waals surface area contributed by atoms with E-state index in [2.05, 4.69) is 15.3 Å². The van der Waals surface area contributed by atoms with Crippen LogP contribution in [0.3, 0.4) is 0 Å². The Hall–Kier alpha value is -4.40. The quantitative estimate of drug-likeness (QED) is 0.0875. The number of allylic oxidation sites excluding steroid dienone is 1. The van der Waals surface area contributed by atoms with E-state index >= 15 is 0 Å². The molecule has 0 amide bonds. The van der Waals surface area contributed by atoms with Gasteiger partial charge in [-0.2, -0.15) is 5.26 Å². The lowest BCUT2D eigenvalue weighted by atomic mass is 9.79. The number of nitriles is 1. The predicted molar refractivity (Wildman–Crippen MR) is 117 cm³/mol. The highest BCUT2D eigenvalue weighted by Crippen LogP contribution is 2.40. The summed E-state index contributed by atoms with van der Waals surface area (Å²) in [5.74, 6) is -3.24. The smallest absolute Gasteiger partial charge is 0.336 e.